The van der Waals surface area contributed by atoms with E-state index in [1.54, 1.807) is 26.8 Å². The summed E-state index contributed by atoms with van der Waals surface area (Å²) < 4.78 is 9.89. The zero-order valence-electron chi connectivity index (χ0n) is 13.1. The third-order valence-electron chi connectivity index (χ3n) is 3.32. The van der Waals surface area contributed by atoms with Crippen molar-refractivity contribution < 1.29 is 18.8 Å². The Morgan fingerprint density at radius 1 is 1.35 bits per heavy atom. The van der Waals surface area contributed by atoms with Crippen molar-refractivity contribution in [3.05, 3.63) is 51.9 Å². The number of hydrogen-bond acceptors (Lipinski definition) is 5. The average Bonchev–Trinajstić information content (AvgIpc) is 2.84. The van der Waals surface area contributed by atoms with Crippen LogP contribution in [0.4, 0.5) is 0 Å². The van der Waals surface area contributed by atoms with E-state index in [0.29, 0.717) is 16.5 Å². The van der Waals surface area contributed by atoms with Gasteiger partial charge in [-0.15, -0.1) is 0 Å². The highest BCUT2D eigenvalue weighted by Crippen LogP contribution is 2.22. The maximum atomic E-state index is 11.9. The zero-order chi connectivity index (χ0) is 17.0. The van der Waals surface area contributed by atoms with Gasteiger partial charge in [0.15, 0.2) is 6.61 Å². The molecule has 1 N–H and O–H groups in total. The standard InChI is InChI=1S/C16H17ClN2O4/c1-9(12-6-4-5-7-13(12)17)18-14(20)8-22-16(21)15-10(2)19-23-11(15)3/h4-7,9H,8H2,1-3H3,(H,18,20)/t9-/m1/s1. The van der Waals surface area contributed by atoms with Crippen molar-refractivity contribution in [2.45, 2.75) is 26.8 Å². The van der Waals surface area contributed by atoms with Gasteiger partial charge in [-0.1, -0.05) is 35.0 Å². The van der Waals surface area contributed by atoms with Crippen molar-refractivity contribution in [3.63, 3.8) is 0 Å². The first kappa shape index (κ1) is 17.0. The molecule has 0 fully saturated rings. The van der Waals surface area contributed by atoms with E-state index < -0.39 is 18.5 Å². The first-order chi connectivity index (χ1) is 10.9. The average molecular weight is 337 g/mol. The van der Waals surface area contributed by atoms with Crippen LogP contribution in [0.1, 0.15) is 40.3 Å². The van der Waals surface area contributed by atoms with E-state index in [2.05, 4.69) is 10.5 Å². The van der Waals surface area contributed by atoms with Gasteiger partial charge in [-0.25, -0.2) is 4.79 Å². The lowest BCUT2D eigenvalue weighted by Gasteiger charge is -2.15. The molecule has 0 spiro atoms. The highest BCUT2D eigenvalue weighted by Gasteiger charge is 2.20. The third-order valence-corrected chi connectivity index (χ3v) is 3.67. The lowest BCUT2D eigenvalue weighted by molar-refractivity contribution is -0.124. The maximum absolute atomic E-state index is 11.9. The summed E-state index contributed by atoms with van der Waals surface area (Å²) >= 11 is 6.08. The summed E-state index contributed by atoms with van der Waals surface area (Å²) in [6.45, 7) is 4.65. The number of nitrogens with one attached hydrogen (secondary N) is 1. The van der Waals surface area contributed by atoms with Gasteiger partial charge in [-0.2, -0.15) is 0 Å². The Labute approximate surface area is 138 Å². The van der Waals surface area contributed by atoms with Gasteiger partial charge >= 0.3 is 5.97 Å². The number of carbonyl (C=O) groups is 2. The molecule has 2 aromatic rings. The fourth-order valence-electron chi connectivity index (χ4n) is 2.16. The molecule has 0 aliphatic carbocycles. The molecule has 0 radical (unpaired) electrons. The predicted molar refractivity (Wildman–Crippen MR) is 84.3 cm³/mol. The van der Waals surface area contributed by atoms with Crippen molar-refractivity contribution in [1.29, 1.82) is 0 Å². The number of amides is 1. The van der Waals surface area contributed by atoms with E-state index in [-0.39, 0.29) is 11.6 Å². The Kier molecular flexibility index (Phi) is 5.39. The molecule has 1 aromatic heterocycles. The van der Waals surface area contributed by atoms with Gasteiger partial charge in [0.1, 0.15) is 11.3 Å². The van der Waals surface area contributed by atoms with Crippen LogP contribution in [0.25, 0.3) is 0 Å². The van der Waals surface area contributed by atoms with E-state index >= 15 is 0 Å². The lowest BCUT2D eigenvalue weighted by atomic mass is 10.1. The maximum Gasteiger partial charge on any atom is 0.344 e. The highest BCUT2D eigenvalue weighted by atomic mass is 35.5. The normalized spacial score (nSPS) is 11.8. The molecule has 6 nitrogen and oxygen atoms in total. The summed E-state index contributed by atoms with van der Waals surface area (Å²) in [4.78, 5) is 23.8. The fourth-order valence-corrected chi connectivity index (χ4v) is 2.46. The fraction of sp³-hybridized carbons (Fsp3) is 0.312. The number of benzene rings is 1. The van der Waals surface area contributed by atoms with Gasteiger partial charge in [-0.05, 0) is 32.4 Å². The van der Waals surface area contributed by atoms with Gasteiger partial charge in [0.25, 0.3) is 5.91 Å². The third kappa shape index (κ3) is 4.10. The van der Waals surface area contributed by atoms with Crippen LogP contribution < -0.4 is 5.32 Å². The molecular formula is C16H17ClN2O4. The minimum Gasteiger partial charge on any atom is -0.452 e. The van der Waals surface area contributed by atoms with Gasteiger partial charge in [0.2, 0.25) is 0 Å². The molecule has 122 valence electrons. The Morgan fingerprint density at radius 2 is 2.04 bits per heavy atom. The molecule has 7 heteroatoms. The number of carbonyl (C=O) groups excluding carboxylic acids is 2. The first-order valence-corrected chi connectivity index (χ1v) is 7.41. The van der Waals surface area contributed by atoms with E-state index in [1.165, 1.54) is 0 Å². The van der Waals surface area contributed by atoms with Crippen molar-refractivity contribution in [2.24, 2.45) is 0 Å². The molecule has 1 atom stereocenters. The molecular weight excluding hydrogens is 320 g/mol. The van der Waals surface area contributed by atoms with Crippen molar-refractivity contribution in [1.82, 2.24) is 10.5 Å². The van der Waals surface area contributed by atoms with E-state index in [1.807, 2.05) is 18.2 Å². The van der Waals surface area contributed by atoms with Crippen LogP contribution in [0.3, 0.4) is 0 Å². The molecule has 0 saturated carbocycles. The largest absolute Gasteiger partial charge is 0.452 e. The Bertz CT molecular complexity index is 707. The summed E-state index contributed by atoms with van der Waals surface area (Å²) in [6, 6.07) is 6.92. The number of aromatic nitrogens is 1. The van der Waals surface area contributed by atoms with Gasteiger partial charge in [0.05, 0.1) is 11.7 Å². The van der Waals surface area contributed by atoms with Crippen LogP contribution in [0.5, 0.6) is 0 Å². The molecule has 23 heavy (non-hydrogen) atoms. The molecule has 0 unspecified atom stereocenters. The molecule has 1 heterocycles. The minimum atomic E-state index is -0.637. The molecule has 0 saturated heterocycles. The quantitative estimate of drug-likeness (QED) is 0.849. The monoisotopic (exact) mass is 336 g/mol. The summed E-state index contributed by atoms with van der Waals surface area (Å²) in [6.07, 6.45) is 0. The van der Waals surface area contributed by atoms with Crippen LogP contribution >= 0.6 is 11.6 Å². The van der Waals surface area contributed by atoms with Gasteiger partial charge < -0.3 is 14.6 Å². The van der Waals surface area contributed by atoms with Crippen LogP contribution in [-0.4, -0.2) is 23.6 Å². The minimum absolute atomic E-state index is 0.247. The Balaban J connectivity index is 1.91. The highest BCUT2D eigenvalue weighted by molar-refractivity contribution is 6.31. The Hall–Kier alpha value is -2.34. The van der Waals surface area contributed by atoms with Crippen molar-refractivity contribution in [2.75, 3.05) is 6.61 Å². The summed E-state index contributed by atoms with van der Waals surface area (Å²) in [5.41, 5.74) is 1.47. The molecule has 1 amide bonds. The van der Waals surface area contributed by atoms with Gasteiger partial charge in [-0.3, -0.25) is 4.79 Å². The van der Waals surface area contributed by atoms with E-state index in [9.17, 15) is 9.59 Å². The zero-order valence-corrected chi connectivity index (χ0v) is 13.8. The van der Waals surface area contributed by atoms with Crippen LogP contribution in [0.15, 0.2) is 28.8 Å². The van der Waals surface area contributed by atoms with Gasteiger partial charge in [0, 0.05) is 5.02 Å². The van der Waals surface area contributed by atoms with Crippen molar-refractivity contribution >= 4 is 23.5 Å². The molecule has 0 aliphatic heterocycles. The molecule has 1 aromatic carbocycles. The second-order valence-electron chi connectivity index (χ2n) is 5.09. The number of aryl methyl sites for hydroxylation is 2. The second kappa shape index (κ2) is 7.28. The molecule has 0 bridgehead atoms. The van der Waals surface area contributed by atoms with E-state index in [4.69, 9.17) is 20.9 Å². The smallest absolute Gasteiger partial charge is 0.344 e. The number of hydrogen-bond donors (Lipinski definition) is 1. The second-order valence-corrected chi connectivity index (χ2v) is 5.49. The number of nitrogens with zero attached hydrogens (tertiary/aromatic N) is 1. The lowest BCUT2D eigenvalue weighted by Crippen LogP contribution is -2.31. The van der Waals surface area contributed by atoms with Crippen LogP contribution in [0.2, 0.25) is 5.02 Å². The number of ether oxygens (including phenoxy) is 1. The number of rotatable bonds is 5. The topological polar surface area (TPSA) is 81.4 Å². The molecule has 0 aliphatic rings. The first-order valence-electron chi connectivity index (χ1n) is 7.04. The van der Waals surface area contributed by atoms with E-state index in [0.717, 1.165) is 5.56 Å². The summed E-state index contributed by atoms with van der Waals surface area (Å²) in [5.74, 6) is -0.698. The van der Waals surface area contributed by atoms with Crippen LogP contribution in [-0.2, 0) is 9.53 Å². The number of halogens is 1. The summed E-state index contributed by atoms with van der Waals surface area (Å²) in [5, 5.41) is 6.96. The summed E-state index contributed by atoms with van der Waals surface area (Å²) in [7, 11) is 0. The number of esters is 1. The SMILES string of the molecule is Cc1noc(C)c1C(=O)OCC(=O)N[C@H](C)c1ccccc1Cl. The van der Waals surface area contributed by atoms with Crippen molar-refractivity contribution in [3.8, 4) is 0 Å². The predicted octanol–water partition coefficient (Wildman–Crippen LogP) is 2.98. The van der Waals surface area contributed by atoms with Crippen LogP contribution in [0, 0.1) is 13.8 Å². The molecule has 2 rings (SSSR count). The Morgan fingerprint density at radius 3 is 2.65 bits per heavy atom.